The zero-order valence-electron chi connectivity index (χ0n) is 20.0. The molecule has 0 spiro atoms. The van der Waals surface area contributed by atoms with Crippen LogP contribution in [0.15, 0.2) is 46.7 Å². The molecule has 2 heterocycles. The quantitative estimate of drug-likeness (QED) is 0.198. The van der Waals surface area contributed by atoms with E-state index in [-0.39, 0.29) is 0 Å². The minimum atomic E-state index is -3.91. The number of pyridine rings is 2. The Labute approximate surface area is 215 Å². The molecule has 0 saturated heterocycles. The molecule has 180 valence electrons. The Hall–Kier alpha value is -0.503. The summed E-state index contributed by atoms with van der Waals surface area (Å²) in [5.74, 6) is -0.801. The van der Waals surface area contributed by atoms with Gasteiger partial charge in [-0.3, -0.25) is 0 Å². The summed E-state index contributed by atoms with van der Waals surface area (Å²) in [6.07, 6.45) is 7.07. The molecule has 0 bridgehead atoms. The van der Waals surface area contributed by atoms with E-state index < -0.39 is 50.3 Å². The maximum absolute atomic E-state index is 13.1. The van der Waals surface area contributed by atoms with Gasteiger partial charge in [-0.25, -0.2) is 0 Å². The standard InChI is InChI=1S/2C7H7NO2S.4C2H5.O.2Sn/c2*1-11-6-5(7(9)10)3-2-4-8-6;4*1-2;;;/h2*2-4H,1H3,(H,9,10);4*1H2,2H3;;;/q;;;;;;;2*+1/p-2. The van der Waals surface area contributed by atoms with Gasteiger partial charge in [0.2, 0.25) is 0 Å². The molecule has 0 saturated carbocycles. The molecule has 11 heteroatoms. The first-order chi connectivity index (χ1) is 15.8. The molecule has 0 aliphatic heterocycles. The number of rotatable bonds is 12. The fourth-order valence-electron chi connectivity index (χ4n) is 3.32. The van der Waals surface area contributed by atoms with Crippen molar-refractivity contribution in [2.24, 2.45) is 0 Å². The number of hydrogen-bond donors (Lipinski definition) is 0. The molecule has 2 rings (SSSR count). The molecule has 7 nitrogen and oxygen atoms in total. The molecule has 2 aromatic rings. The van der Waals surface area contributed by atoms with Crippen molar-refractivity contribution in [3.63, 3.8) is 0 Å². The molecule has 33 heavy (non-hydrogen) atoms. The van der Waals surface area contributed by atoms with E-state index in [1.807, 2.05) is 40.2 Å². The Morgan fingerprint density at radius 1 is 0.758 bits per heavy atom. The normalized spacial score (nSPS) is 11.8. The molecule has 0 N–H and O–H groups in total. The molecular formula is C22H32N2O5S2Sn2. The summed E-state index contributed by atoms with van der Waals surface area (Å²) in [6.45, 7) is 8.01. The van der Waals surface area contributed by atoms with E-state index >= 15 is 0 Å². The van der Waals surface area contributed by atoms with Crippen LogP contribution in [0.1, 0.15) is 48.4 Å². The van der Waals surface area contributed by atoms with Crippen molar-refractivity contribution >= 4 is 73.9 Å². The van der Waals surface area contributed by atoms with Crippen LogP contribution in [0.3, 0.4) is 0 Å². The topological polar surface area (TPSA) is 87.6 Å². The third kappa shape index (κ3) is 7.25. The average Bonchev–Trinajstić information content (AvgIpc) is 2.87. The number of nitrogens with zero attached hydrogens (tertiary/aromatic N) is 2. The summed E-state index contributed by atoms with van der Waals surface area (Å²) < 4.78 is 21.8. The summed E-state index contributed by atoms with van der Waals surface area (Å²) in [5, 5.41) is 1.26. The van der Waals surface area contributed by atoms with Gasteiger partial charge in [-0.05, 0) is 0 Å². The summed E-state index contributed by atoms with van der Waals surface area (Å²) in [7, 11) is 0. The van der Waals surface area contributed by atoms with Crippen LogP contribution < -0.4 is 0 Å². The van der Waals surface area contributed by atoms with Gasteiger partial charge >= 0.3 is 217 Å². The van der Waals surface area contributed by atoms with Crippen LogP contribution in [0.25, 0.3) is 0 Å². The second-order valence-corrected chi connectivity index (χ2v) is 33.0. The van der Waals surface area contributed by atoms with Crippen molar-refractivity contribution < 1.29 is 17.1 Å². The van der Waals surface area contributed by atoms with Gasteiger partial charge in [0.25, 0.3) is 0 Å². The van der Waals surface area contributed by atoms with E-state index in [1.165, 1.54) is 23.5 Å². The zero-order valence-corrected chi connectivity index (χ0v) is 27.4. The van der Waals surface area contributed by atoms with Gasteiger partial charge in [-0.2, -0.15) is 0 Å². The summed E-state index contributed by atoms with van der Waals surface area (Å²) in [4.78, 5) is 34.9. The fraction of sp³-hybridized carbons (Fsp3) is 0.455. The van der Waals surface area contributed by atoms with Crippen molar-refractivity contribution in [3.05, 3.63) is 47.8 Å². The molecule has 0 unspecified atom stereocenters. The molecule has 0 fully saturated rings. The van der Waals surface area contributed by atoms with Gasteiger partial charge in [0.15, 0.2) is 0 Å². The molecule has 0 radical (unpaired) electrons. The SMILES string of the molecule is C[CH2][Sn]([CH2]C)([O]C(=O)c1cccnc1SC)[O][Sn]([CH2]C)([CH2]C)[O]C(=O)c1cccnc1SC. The minimum absolute atomic E-state index is 0.400. The van der Waals surface area contributed by atoms with Gasteiger partial charge in [0, 0.05) is 0 Å². The van der Waals surface area contributed by atoms with Crippen LogP contribution >= 0.6 is 23.5 Å². The van der Waals surface area contributed by atoms with Crippen molar-refractivity contribution in [3.8, 4) is 0 Å². The van der Waals surface area contributed by atoms with Gasteiger partial charge < -0.3 is 0 Å². The second-order valence-electron chi connectivity index (χ2n) is 7.24. The van der Waals surface area contributed by atoms with E-state index in [0.717, 1.165) is 0 Å². The number of thioether (sulfide) groups is 2. The predicted octanol–water partition coefficient (Wildman–Crippen LogP) is 5.91. The molecule has 0 atom stereocenters. The van der Waals surface area contributed by atoms with E-state index in [2.05, 4.69) is 9.97 Å². The second kappa shape index (κ2) is 13.6. The van der Waals surface area contributed by atoms with Crippen LogP contribution in [-0.2, 0) is 7.56 Å². The summed E-state index contributed by atoms with van der Waals surface area (Å²) in [5.41, 5.74) is 0.893. The average molecular weight is 706 g/mol. The van der Waals surface area contributed by atoms with Crippen LogP contribution in [0.2, 0.25) is 17.7 Å². The predicted molar refractivity (Wildman–Crippen MR) is 137 cm³/mol. The first-order valence-corrected chi connectivity index (χ1v) is 26.2. The Morgan fingerprint density at radius 3 is 1.42 bits per heavy atom. The first-order valence-electron chi connectivity index (χ1n) is 11.0. The van der Waals surface area contributed by atoms with Crippen LogP contribution in [0.5, 0.6) is 0 Å². The fourth-order valence-corrected chi connectivity index (χ4v) is 40.9. The van der Waals surface area contributed by atoms with E-state index in [4.69, 9.17) is 7.56 Å². The van der Waals surface area contributed by atoms with Crippen LogP contribution in [-0.4, -0.2) is 72.8 Å². The molecule has 0 aliphatic carbocycles. The van der Waals surface area contributed by atoms with E-state index in [1.54, 1.807) is 36.7 Å². The van der Waals surface area contributed by atoms with E-state index in [9.17, 15) is 9.59 Å². The molecule has 0 aliphatic rings. The zero-order chi connectivity index (χ0) is 24.5. The third-order valence-electron chi connectivity index (χ3n) is 5.45. The van der Waals surface area contributed by atoms with E-state index in [0.29, 0.717) is 38.9 Å². The first kappa shape index (κ1) is 28.7. The molecular weight excluding hydrogens is 674 g/mol. The Balaban J connectivity index is 2.34. The van der Waals surface area contributed by atoms with Crippen LogP contribution in [0.4, 0.5) is 0 Å². The Kier molecular flexibility index (Phi) is 11.8. The molecule has 0 aromatic carbocycles. The number of carbonyl (C=O) groups excluding carboxylic acids is 2. The summed E-state index contributed by atoms with van der Waals surface area (Å²) >= 11 is -5.01. The maximum atomic E-state index is 13.1. The van der Waals surface area contributed by atoms with Crippen LogP contribution in [0, 0.1) is 0 Å². The third-order valence-corrected chi connectivity index (χ3v) is 38.7. The molecule has 0 amide bonds. The number of carbonyl (C=O) groups is 2. The van der Waals surface area contributed by atoms with Gasteiger partial charge in [0.1, 0.15) is 0 Å². The van der Waals surface area contributed by atoms with Crippen molar-refractivity contribution in [2.45, 2.75) is 55.5 Å². The Bertz CT molecular complexity index is 880. The Morgan fingerprint density at radius 2 is 1.12 bits per heavy atom. The summed E-state index contributed by atoms with van der Waals surface area (Å²) in [6, 6.07) is 6.91. The van der Waals surface area contributed by atoms with Crippen molar-refractivity contribution in [1.29, 1.82) is 0 Å². The van der Waals surface area contributed by atoms with Crippen molar-refractivity contribution in [2.75, 3.05) is 12.5 Å². The number of hydrogen-bond acceptors (Lipinski definition) is 9. The van der Waals surface area contributed by atoms with Gasteiger partial charge in [-0.1, -0.05) is 0 Å². The molecule has 2 aromatic heterocycles. The van der Waals surface area contributed by atoms with Gasteiger partial charge in [0.05, 0.1) is 0 Å². The van der Waals surface area contributed by atoms with Gasteiger partial charge in [-0.15, -0.1) is 0 Å². The number of aromatic nitrogens is 2. The van der Waals surface area contributed by atoms with Crippen molar-refractivity contribution in [1.82, 2.24) is 9.97 Å². The monoisotopic (exact) mass is 708 g/mol.